The van der Waals surface area contributed by atoms with Crippen molar-refractivity contribution < 1.29 is 28.2 Å². The number of hydrogen-bond donors (Lipinski definition) is 0. The molecule has 0 bridgehead atoms. The molecule has 0 amide bonds. The van der Waals surface area contributed by atoms with Crippen molar-refractivity contribution in [3.8, 4) is 11.5 Å². The summed E-state index contributed by atoms with van der Waals surface area (Å²) in [5.41, 5.74) is 0.717. The van der Waals surface area contributed by atoms with Gasteiger partial charge in [-0.3, -0.25) is 0 Å². The molecule has 30 heavy (non-hydrogen) atoms. The lowest BCUT2D eigenvalue weighted by molar-refractivity contribution is 0.0455. The highest BCUT2D eigenvalue weighted by molar-refractivity contribution is 5.92. The van der Waals surface area contributed by atoms with Crippen LogP contribution in [0.5, 0.6) is 11.5 Å². The first-order valence-electron chi connectivity index (χ1n) is 9.75. The molecule has 1 fully saturated rings. The Morgan fingerprint density at radius 2 is 2.03 bits per heavy atom. The van der Waals surface area contributed by atoms with Gasteiger partial charge in [0.25, 0.3) is 0 Å². The van der Waals surface area contributed by atoms with Crippen LogP contribution in [0.3, 0.4) is 0 Å². The molecule has 1 aromatic heterocycles. The molecule has 156 valence electrons. The number of ether oxygens (including phenoxy) is 4. The van der Waals surface area contributed by atoms with E-state index in [0.717, 1.165) is 19.4 Å². The van der Waals surface area contributed by atoms with E-state index in [-0.39, 0.29) is 12.7 Å². The number of hydrogen-bond acceptors (Lipinski definition) is 7. The van der Waals surface area contributed by atoms with Crippen molar-refractivity contribution in [2.75, 3.05) is 20.3 Å². The van der Waals surface area contributed by atoms with Crippen LogP contribution in [0, 0.1) is 0 Å². The van der Waals surface area contributed by atoms with Gasteiger partial charge < -0.3 is 23.4 Å². The molecular formula is C23H22O7. The van der Waals surface area contributed by atoms with Crippen LogP contribution in [0.4, 0.5) is 0 Å². The van der Waals surface area contributed by atoms with Crippen LogP contribution in [0.1, 0.15) is 28.8 Å². The summed E-state index contributed by atoms with van der Waals surface area (Å²) in [4.78, 5) is 24.6. The van der Waals surface area contributed by atoms with Crippen molar-refractivity contribution in [2.24, 2.45) is 0 Å². The van der Waals surface area contributed by atoms with E-state index < -0.39 is 11.6 Å². The first-order valence-corrected chi connectivity index (χ1v) is 9.75. The van der Waals surface area contributed by atoms with E-state index in [4.69, 9.17) is 23.4 Å². The fourth-order valence-electron chi connectivity index (χ4n) is 3.40. The molecule has 7 nitrogen and oxygen atoms in total. The van der Waals surface area contributed by atoms with E-state index in [9.17, 15) is 9.59 Å². The van der Waals surface area contributed by atoms with Gasteiger partial charge in [-0.2, -0.15) is 0 Å². The average molecular weight is 410 g/mol. The van der Waals surface area contributed by atoms with Gasteiger partial charge >= 0.3 is 11.6 Å². The van der Waals surface area contributed by atoms with Crippen LogP contribution in [0.25, 0.3) is 11.0 Å². The number of esters is 1. The van der Waals surface area contributed by atoms with Crippen LogP contribution < -0.4 is 15.1 Å². The number of carbonyl (C=O) groups is 1. The Morgan fingerprint density at radius 1 is 1.17 bits per heavy atom. The number of para-hydroxylation sites is 1. The predicted molar refractivity (Wildman–Crippen MR) is 109 cm³/mol. The first kappa shape index (κ1) is 20.0. The van der Waals surface area contributed by atoms with Crippen molar-refractivity contribution in [1.29, 1.82) is 0 Å². The molecule has 0 N–H and O–H groups in total. The van der Waals surface area contributed by atoms with Crippen LogP contribution in [0.15, 0.2) is 57.7 Å². The van der Waals surface area contributed by atoms with E-state index in [1.54, 1.807) is 42.5 Å². The predicted octanol–water partition coefficient (Wildman–Crippen LogP) is 3.72. The van der Waals surface area contributed by atoms with Gasteiger partial charge in [0, 0.05) is 29.7 Å². The summed E-state index contributed by atoms with van der Waals surface area (Å²) in [5.74, 6) is 0.477. The molecule has 0 saturated carbocycles. The van der Waals surface area contributed by atoms with Crippen molar-refractivity contribution in [1.82, 2.24) is 0 Å². The summed E-state index contributed by atoms with van der Waals surface area (Å²) in [6.07, 6.45) is 2.00. The molecule has 2 heterocycles. The minimum absolute atomic E-state index is 0.0426. The Kier molecular flexibility index (Phi) is 5.99. The molecular weight excluding hydrogens is 388 g/mol. The third-order valence-corrected chi connectivity index (χ3v) is 4.95. The topological polar surface area (TPSA) is 84.2 Å². The zero-order valence-electron chi connectivity index (χ0n) is 16.6. The Balaban J connectivity index is 1.49. The largest absolute Gasteiger partial charge is 0.497 e. The molecule has 7 heteroatoms. The lowest BCUT2D eigenvalue weighted by Gasteiger charge is -2.14. The molecule has 0 radical (unpaired) electrons. The third kappa shape index (κ3) is 4.46. The van der Waals surface area contributed by atoms with Crippen LogP contribution in [-0.4, -0.2) is 32.4 Å². The van der Waals surface area contributed by atoms with Gasteiger partial charge in [0.15, 0.2) is 0 Å². The second-order valence-electron chi connectivity index (χ2n) is 6.97. The summed E-state index contributed by atoms with van der Waals surface area (Å²) in [5, 5.41) is 0.672. The number of carbonyl (C=O) groups excluding carboxylic acids is 1. The highest BCUT2D eigenvalue weighted by Crippen LogP contribution is 2.25. The minimum atomic E-state index is -0.534. The SMILES string of the molecule is COc1ccc2c(COC(=O)c3ccccc3OC[C@@H]3CCCO3)cc(=O)oc2c1. The second kappa shape index (κ2) is 9.00. The maximum Gasteiger partial charge on any atom is 0.342 e. The van der Waals surface area contributed by atoms with Gasteiger partial charge in [0.05, 0.1) is 13.2 Å². The number of fused-ring (bicyclic) bond motifs is 1. The first-order chi connectivity index (χ1) is 14.6. The Hall–Kier alpha value is -3.32. The van der Waals surface area contributed by atoms with Crippen molar-refractivity contribution >= 4 is 16.9 Å². The second-order valence-corrected chi connectivity index (χ2v) is 6.97. The maximum atomic E-state index is 12.7. The molecule has 1 saturated heterocycles. The molecule has 0 aliphatic carbocycles. The van der Waals surface area contributed by atoms with E-state index in [0.29, 0.717) is 40.2 Å². The standard InChI is InChI=1S/C23H22O7/c1-26-16-8-9-18-15(11-22(24)30-21(18)12-16)13-29-23(25)19-6-2-3-7-20(19)28-14-17-5-4-10-27-17/h2-3,6-9,11-12,17H,4-5,10,13-14H2,1H3/t17-/m0/s1. The van der Waals surface area contributed by atoms with Gasteiger partial charge in [0.1, 0.15) is 35.9 Å². The molecule has 1 atom stereocenters. The number of rotatable bonds is 7. The zero-order chi connectivity index (χ0) is 20.9. The maximum absolute atomic E-state index is 12.7. The van der Waals surface area contributed by atoms with E-state index in [2.05, 4.69) is 0 Å². The molecule has 3 aromatic rings. The van der Waals surface area contributed by atoms with Gasteiger partial charge in [-0.1, -0.05) is 12.1 Å². The van der Waals surface area contributed by atoms with E-state index >= 15 is 0 Å². The summed E-state index contributed by atoms with van der Waals surface area (Å²) < 4.78 is 27.2. The van der Waals surface area contributed by atoms with E-state index in [1.165, 1.54) is 13.2 Å². The molecule has 1 aliphatic heterocycles. The number of methoxy groups -OCH3 is 1. The lowest BCUT2D eigenvalue weighted by Crippen LogP contribution is -2.18. The van der Waals surface area contributed by atoms with Gasteiger partial charge in [-0.05, 0) is 37.1 Å². The summed E-state index contributed by atoms with van der Waals surface area (Å²) in [6.45, 7) is 1.05. The van der Waals surface area contributed by atoms with Crippen molar-refractivity contribution in [2.45, 2.75) is 25.6 Å². The molecule has 4 rings (SSSR count). The van der Waals surface area contributed by atoms with Crippen molar-refractivity contribution in [3.63, 3.8) is 0 Å². The monoisotopic (exact) mass is 410 g/mol. The quantitative estimate of drug-likeness (QED) is 0.434. The molecule has 0 unspecified atom stereocenters. The van der Waals surface area contributed by atoms with Gasteiger partial charge in [-0.25, -0.2) is 9.59 Å². The van der Waals surface area contributed by atoms with E-state index in [1.807, 2.05) is 0 Å². The van der Waals surface area contributed by atoms with Gasteiger partial charge in [0.2, 0.25) is 0 Å². The fourth-order valence-corrected chi connectivity index (χ4v) is 3.40. The van der Waals surface area contributed by atoms with Gasteiger partial charge in [-0.15, -0.1) is 0 Å². The number of benzene rings is 2. The smallest absolute Gasteiger partial charge is 0.342 e. The van der Waals surface area contributed by atoms with Crippen LogP contribution in [0.2, 0.25) is 0 Å². The highest BCUT2D eigenvalue weighted by atomic mass is 16.5. The average Bonchev–Trinajstić information content (AvgIpc) is 3.29. The summed E-state index contributed by atoms with van der Waals surface area (Å²) >= 11 is 0. The minimum Gasteiger partial charge on any atom is -0.497 e. The summed E-state index contributed by atoms with van der Waals surface area (Å²) in [7, 11) is 1.53. The third-order valence-electron chi connectivity index (χ3n) is 4.95. The van der Waals surface area contributed by atoms with Crippen LogP contribution in [-0.2, 0) is 16.1 Å². The molecule has 0 spiro atoms. The Bertz CT molecular complexity index is 1100. The fraction of sp³-hybridized carbons (Fsp3) is 0.304. The molecule has 1 aliphatic rings. The summed E-state index contributed by atoms with van der Waals surface area (Å²) in [6, 6.07) is 13.4. The Morgan fingerprint density at radius 3 is 2.83 bits per heavy atom. The Labute approximate surface area is 173 Å². The normalized spacial score (nSPS) is 15.8. The van der Waals surface area contributed by atoms with Crippen molar-refractivity contribution in [3.05, 3.63) is 70.1 Å². The zero-order valence-corrected chi connectivity index (χ0v) is 16.6. The lowest BCUT2D eigenvalue weighted by atomic mass is 10.1. The highest BCUT2D eigenvalue weighted by Gasteiger charge is 2.19. The van der Waals surface area contributed by atoms with Crippen LogP contribution >= 0.6 is 0 Å². The molecule has 2 aromatic carbocycles.